The number of rotatable bonds is 5. The predicted molar refractivity (Wildman–Crippen MR) is 49.6 cm³/mol. The van der Waals surface area contributed by atoms with Crippen LogP contribution in [0, 0.1) is 0 Å². The molecule has 0 amide bonds. The molecule has 5 nitrogen and oxygen atoms in total. The van der Waals surface area contributed by atoms with Crippen molar-refractivity contribution in [3.63, 3.8) is 0 Å². The number of carbonyl (C=O) groups excluding carboxylic acids is 2. The summed E-state index contributed by atoms with van der Waals surface area (Å²) < 4.78 is 115. The second-order valence-electron chi connectivity index (χ2n) is 3.85. The highest BCUT2D eigenvalue weighted by Crippen LogP contribution is 2.43. The Morgan fingerprint density at radius 1 is 0.783 bits per heavy atom. The first-order chi connectivity index (χ1) is 10.0. The van der Waals surface area contributed by atoms with Crippen molar-refractivity contribution in [3.05, 3.63) is 0 Å². The molecule has 136 valence electrons. The number of halogens is 9. The largest absolute Gasteiger partial charge is 0.462 e. The lowest BCUT2D eigenvalue weighted by molar-refractivity contribution is -0.357. The number of hydrogen-bond acceptors (Lipinski definition) is 5. The topological polar surface area (TPSA) is 72.8 Å². The quantitative estimate of drug-likeness (QED) is 0.457. The van der Waals surface area contributed by atoms with Crippen LogP contribution >= 0.6 is 0 Å². The third-order valence-electron chi connectivity index (χ3n) is 2.04. The van der Waals surface area contributed by atoms with Gasteiger partial charge in [-0.1, -0.05) is 0 Å². The summed E-state index contributed by atoms with van der Waals surface area (Å²) in [6.07, 6.45) is -19.9. The fourth-order valence-corrected chi connectivity index (χ4v) is 1.00. The molecule has 0 unspecified atom stereocenters. The van der Waals surface area contributed by atoms with Crippen molar-refractivity contribution in [2.75, 3.05) is 13.2 Å². The van der Waals surface area contributed by atoms with Crippen LogP contribution in [0.3, 0.4) is 0 Å². The standard InChI is InChI=1S/C9H7F9O5/c10-6(11,12)3-4(19)22-1-2-23-5(20)7(21,8(13,14)15)9(16,17)18/h21H,1-3H2. The van der Waals surface area contributed by atoms with Gasteiger partial charge in [-0.15, -0.1) is 0 Å². The Hall–Kier alpha value is -1.73. The molecule has 0 saturated heterocycles. The van der Waals surface area contributed by atoms with Crippen molar-refractivity contribution in [1.82, 2.24) is 0 Å². The summed E-state index contributed by atoms with van der Waals surface area (Å²) in [7, 11) is 0. The lowest BCUT2D eigenvalue weighted by atomic mass is 10.0. The molecule has 23 heavy (non-hydrogen) atoms. The Morgan fingerprint density at radius 3 is 1.52 bits per heavy atom. The summed E-state index contributed by atoms with van der Waals surface area (Å²) in [5.41, 5.74) is -5.82. The van der Waals surface area contributed by atoms with E-state index in [1.807, 2.05) is 0 Å². The van der Waals surface area contributed by atoms with Crippen LogP contribution in [0.1, 0.15) is 6.42 Å². The van der Waals surface area contributed by atoms with Gasteiger partial charge in [0, 0.05) is 0 Å². The van der Waals surface area contributed by atoms with Crippen molar-refractivity contribution in [1.29, 1.82) is 0 Å². The Bertz CT molecular complexity index is 422. The predicted octanol–water partition coefficient (Wildman–Crippen LogP) is 1.88. The van der Waals surface area contributed by atoms with Gasteiger partial charge in [0.2, 0.25) is 0 Å². The molecule has 0 fully saturated rings. The van der Waals surface area contributed by atoms with Gasteiger partial charge in [-0.25, -0.2) is 4.79 Å². The van der Waals surface area contributed by atoms with Crippen molar-refractivity contribution >= 4 is 11.9 Å². The van der Waals surface area contributed by atoms with E-state index in [1.165, 1.54) is 0 Å². The van der Waals surface area contributed by atoms with Gasteiger partial charge in [0.1, 0.15) is 19.6 Å². The first-order valence-electron chi connectivity index (χ1n) is 5.28. The van der Waals surface area contributed by atoms with Gasteiger partial charge in [0.05, 0.1) is 0 Å². The molecular formula is C9H7F9O5. The smallest absolute Gasteiger partial charge is 0.437 e. The molecule has 14 heteroatoms. The Balaban J connectivity index is 4.62. The molecule has 0 saturated carbocycles. The maximum absolute atomic E-state index is 12.2. The van der Waals surface area contributed by atoms with E-state index < -0.39 is 55.7 Å². The zero-order valence-corrected chi connectivity index (χ0v) is 10.6. The van der Waals surface area contributed by atoms with Gasteiger partial charge in [0.15, 0.2) is 0 Å². The second kappa shape index (κ2) is 6.80. The van der Waals surface area contributed by atoms with Crippen molar-refractivity contribution < 1.29 is 63.7 Å². The molecule has 0 aliphatic rings. The molecule has 0 atom stereocenters. The summed E-state index contributed by atoms with van der Waals surface area (Å²) >= 11 is 0. The Kier molecular flexibility index (Phi) is 6.29. The summed E-state index contributed by atoms with van der Waals surface area (Å²) in [5.74, 6) is -5.06. The zero-order valence-electron chi connectivity index (χ0n) is 10.6. The first-order valence-corrected chi connectivity index (χ1v) is 5.28. The average molecular weight is 366 g/mol. The number of esters is 2. The fraction of sp³-hybridized carbons (Fsp3) is 0.778. The summed E-state index contributed by atoms with van der Waals surface area (Å²) in [6.45, 7) is -2.68. The van der Waals surface area contributed by atoms with Crippen LogP contribution in [-0.2, 0) is 19.1 Å². The van der Waals surface area contributed by atoms with Gasteiger partial charge < -0.3 is 14.6 Å². The summed E-state index contributed by atoms with van der Waals surface area (Å²) in [5, 5.41) is 8.53. The molecule has 0 heterocycles. The van der Waals surface area contributed by atoms with Gasteiger partial charge in [-0.3, -0.25) is 4.79 Å². The number of carbonyl (C=O) groups is 2. The second-order valence-corrected chi connectivity index (χ2v) is 3.85. The molecule has 1 N–H and O–H groups in total. The van der Waals surface area contributed by atoms with E-state index in [0.717, 1.165) is 0 Å². The van der Waals surface area contributed by atoms with Crippen molar-refractivity contribution in [2.45, 2.75) is 30.6 Å². The number of alkyl halides is 9. The van der Waals surface area contributed by atoms with E-state index in [1.54, 1.807) is 0 Å². The minimum absolute atomic E-state index is 1.24. The van der Waals surface area contributed by atoms with Crippen LogP contribution in [0.5, 0.6) is 0 Å². The molecule has 0 aromatic rings. The van der Waals surface area contributed by atoms with E-state index in [-0.39, 0.29) is 0 Å². The monoisotopic (exact) mass is 366 g/mol. The normalized spacial score (nSPS) is 13.7. The van der Waals surface area contributed by atoms with E-state index in [4.69, 9.17) is 5.11 Å². The summed E-state index contributed by atoms with van der Waals surface area (Å²) in [6, 6.07) is 0. The Labute approximate surface area is 120 Å². The van der Waals surface area contributed by atoms with Gasteiger partial charge in [0.25, 0.3) is 0 Å². The Morgan fingerprint density at radius 2 is 1.17 bits per heavy atom. The maximum Gasteiger partial charge on any atom is 0.437 e. The first kappa shape index (κ1) is 21.3. The third-order valence-corrected chi connectivity index (χ3v) is 2.04. The molecule has 0 aromatic heterocycles. The molecular weight excluding hydrogens is 359 g/mol. The van der Waals surface area contributed by atoms with Crippen LogP contribution in [0.15, 0.2) is 0 Å². The molecule has 0 aliphatic carbocycles. The average Bonchev–Trinajstić information content (AvgIpc) is 2.28. The molecule has 0 aromatic carbocycles. The van der Waals surface area contributed by atoms with Crippen molar-refractivity contribution in [2.24, 2.45) is 0 Å². The lowest BCUT2D eigenvalue weighted by Gasteiger charge is -2.29. The third kappa shape index (κ3) is 5.76. The highest BCUT2D eigenvalue weighted by molar-refractivity contribution is 5.81. The van der Waals surface area contributed by atoms with E-state index in [0.29, 0.717) is 0 Å². The van der Waals surface area contributed by atoms with Crippen LogP contribution in [0.2, 0.25) is 0 Å². The van der Waals surface area contributed by atoms with Gasteiger partial charge in [-0.2, -0.15) is 39.5 Å². The van der Waals surface area contributed by atoms with Crippen LogP contribution in [0.25, 0.3) is 0 Å². The molecule has 0 bridgehead atoms. The lowest BCUT2D eigenvalue weighted by Crippen LogP contribution is -2.63. The van der Waals surface area contributed by atoms with Gasteiger partial charge >= 0.3 is 36.1 Å². The number of ether oxygens (including phenoxy) is 2. The highest BCUT2D eigenvalue weighted by Gasteiger charge is 2.76. The number of hydrogen-bond donors (Lipinski definition) is 1. The molecule has 0 radical (unpaired) electrons. The van der Waals surface area contributed by atoms with E-state index in [2.05, 4.69) is 9.47 Å². The van der Waals surface area contributed by atoms with Crippen LogP contribution in [-0.4, -0.2) is 54.4 Å². The summed E-state index contributed by atoms with van der Waals surface area (Å²) in [4.78, 5) is 21.3. The minimum atomic E-state index is -6.46. The zero-order chi connectivity index (χ0) is 18.7. The SMILES string of the molecule is O=C(CC(F)(F)F)OCCOC(=O)C(O)(C(F)(F)F)C(F)(F)F. The van der Waals surface area contributed by atoms with Gasteiger partial charge in [-0.05, 0) is 0 Å². The van der Waals surface area contributed by atoms with Crippen LogP contribution < -0.4 is 0 Å². The van der Waals surface area contributed by atoms with Crippen molar-refractivity contribution in [3.8, 4) is 0 Å². The molecule has 0 rings (SSSR count). The molecule has 0 spiro atoms. The van der Waals surface area contributed by atoms with E-state index in [9.17, 15) is 49.1 Å². The van der Waals surface area contributed by atoms with E-state index >= 15 is 0 Å². The highest BCUT2D eigenvalue weighted by atomic mass is 19.4. The fourth-order valence-electron chi connectivity index (χ4n) is 1.00. The molecule has 0 aliphatic heterocycles. The van der Waals surface area contributed by atoms with Crippen LogP contribution in [0.4, 0.5) is 39.5 Å². The maximum atomic E-state index is 12.2. The number of aliphatic hydroxyl groups is 1. The minimum Gasteiger partial charge on any atom is -0.462 e.